The zero-order valence-corrected chi connectivity index (χ0v) is 27.1. The largest absolute Gasteiger partial charge is 0.461 e. The van der Waals surface area contributed by atoms with Crippen LogP contribution in [0.3, 0.4) is 0 Å². The highest BCUT2D eigenvalue weighted by atomic mass is 19.4. The highest BCUT2D eigenvalue weighted by molar-refractivity contribution is 5.82. The van der Waals surface area contributed by atoms with Gasteiger partial charge < -0.3 is 23.7 Å². The van der Waals surface area contributed by atoms with E-state index in [0.717, 1.165) is 0 Å². The van der Waals surface area contributed by atoms with Crippen LogP contribution in [-0.4, -0.2) is 91.8 Å². The van der Waals surface area contributed by atoms with E-state index in [-0.39, 0.29) is 30.4 Å². The van der Waals surface area contributed by atoms with Crippen LogP contribution in [0.4, 0.5) is 52.7 Å². The van der Waals surface area contributed by atoms with Gasteiger partial charge in [-0.15, -0.1) is 6.58 Å². The van der Waals surface area contributed by atoms with Crippen LogP contribution in [-0.2, 0) is 47.7 Å². The molecule has 0 aliphatic heterocycles. The second-order valence-corrected chi connectivity index (χ2v) is 10.5. The predicted octanol–water partition coefficient (Wildman–Crippen LogP) is 6.34. The second kappa shape index (κ2) is 17.6. The molecule has 0 aliphatic carbocycles. The van der Waals surface area contributed by atoms with Crippen molar-refractivity contribution in [3.8, 4) is 0 Å². The highest BCUT2D eigenvalue weighted by Crippen LogP contribution is 2.65. The standard InChI is InChI=1S/C31H30F12O10/c1-7-19(44)50-15-24(11-5,14-13-23(48)49-12-6)26(32,33)28(36,37)30(40,41)31(42,43)29(38,39)27(34,35)25(16-51-20(45)8-2,17-52-21(46)9-3)18-53-22(47)10-4/h7-12H,1-6,13-18H2. The Morgan fingerprint density at radius 1 is 0.453 bits per heavy atom. The molecule has 0 bridgehead atoms. The van der Waals surface area contributed by atoms with Crippen LogP contribution in [0.2, 0.25) is 0 Å². The average molecular weight is 791 g/mol. The van der Waals surface area contributed by atoms with Crippen molar-refractivity contribution >= 4 is 29.8 Å². The van der Waals surface area contributed by atoms with Gasteiger partial charge in [-0.05, 0) is 6.42 Å². The van der Waals surface area contributed by atoms with E-state index in [2.05, 4.69) is 63.2 Å². The predicted molar refractivity (Wildman–Crippen MR) is 155 cm³/mol. The summed E-state index contributed by atoms with van der Waals surface area (Å²) >= 11 is 0. The van der Waals surface area contributed by atoms with E-state index in [1.165, 1.54) is 0 Å². The molecule has 0 aromatic heterocycles. The molecule has 0 aliphatic rings. The molecule has 0 saturated heterocycles. The molecule has 10 nitrogen and oxygen atoms in total. The molecule has 53 heavy (non-hydrogen) atoms. The molecule has 22 heteroatoms. The van der Waals surface area contributed by atoms with E-state index in [1.54, 1.807) is 0 Å². The van der Waals surface area contributed by atoms with Crippen LogP contribution in [0.15, 0.2) is 76.1 Å². The molecule has 0 amide bonds. The number of ether oxygens (including phenoxy) is 5. The van der Waals surface area contributed by atoms with Crippen LogP contribution in [0.1, 0.15) is 12.8 Å². The van der Waals surface area contributed by atoms with Crippen molar-refractivity contribution < 1.29 is 100 Å². The summed E-state index contributed by atoms with van der Waals surface area (Å²) in [6, 6.07) is 0. The summed E-state index contributed by atoms with van der Waals surface area (Å²) in [4.78, 5) is 58.2. The SMILES string of the molecule is C=COC(=O)CCC(C=C)(COC(=O)C=C)C(F)(F)C(F)(F)C(F)(F)C(F)(F)C(F)(F)C(F)(F)C(COC(=O)C=C)(COC(=O)C=C)COC(=O)C=C. The van der Waals surface area contributed by atoms with Crippen LogP contribution in [0, 0.1) is 10.8 Å². The second-order valence-electron chi connectivity index (χ2n) is 10.5. The molecule has 0 heterocycles. The molecule has 0 saturated carbocycles. The number of carbonyl (C=O) groups is 5. The summed E-state index contributed by atoms with van der Waals surface area (Å²) in [5, 5.41) is 0. The first-order valence-corrected chi connectivity index (χ1v) is 14.0. The Hall–Kier alpha value is -5.05. The summed E-state index contributed by atoms with van der Waals surface area (Å²) in [7, 11) is 0. The van der Waals surface area contributed by atoms with Crippen molar-refractivity contribution in [2.45, 2.75) is 48.4 Å². The van der Waals surface area contributed by atoms with Crippen molar-refractivity contribution in [3.63, 3.8) is 0 Å². The average Bonchev–Trinajstić information content (AvgIpc) is 3.10. The zero-order valence-electron chi connectivity index (χ0n) is 27.1. The Kier molecular flexibility index (Phi) is 16.0. The Morgan fingerprint density at radius 3 is 1.06 bits per heavy atom. The maximum Gasteiger partial charge on any atom is 0.384 e. The lowest BCUT2D eigenvalue weighted by molar-refractivity contribution is -0.444. The highest BCUT2D eigenvalue weighted by Gasteiger charge is 2.93. The van der Waals surface area contributed by atoms with Gasteiger partial charge >= 0.3 is 65.4 Å². The van der Waals surface area contributed by atoms with Crippen LogP contribution >= 0.6 is 0 Å². The molecule has 0 fully saturated rings. The number of carbonyl (C=O) groups excluding carboxylic acids is 5. The Balaban J connectivity index is 7.81. The normalized spacial score (nSPS) is 14.0. The quantitative estimate of drug-likeness (QED) is 0.0273. The first-order valence-electron chi connectivity index (χ1n) is 14.0. The molecule has 0 aromatic carbocycles. The molecule has 0 rings (SSSR count). The lowest BCUT2D eigenvalue weighted by atomic mass is 9.71. The van der Waals surface area contributed by atoms with Crippen LogP contribution in [0.25, 0.3) is 0 Å². The lowest BCUT2D eigenvalue weighted by Gasteiger charge is -2.48. The van der Waals surface area contributed by atoms with E-state index in [4.69, 9.17) is 0 Å². The molecule has 298 valence electrons. The third kappa shape index (κ3) is 9.13. The molecular weight excluding hydrogens is 760 g/mol. The fourth-order valence-electron chi connectivity index (χ4n) is 3.98. The third-order valence-electron chi connectivity index (χ3n) is 7.25. The molecule has 0 spiro atoms. The van der Waals surface area contributed by atoms with Gasteiger partial charge in [-0.2, -0.15) is 52.7 Å². The number of rotatable bonds is 24. The minimum atomic E-state index is -8.32. The van der Waals surface area contributed by atoms with Gasteiger partial charge in [0.05, 0.1) is 11.7 Å². The lowest BCUT2D eigenvalue weighted by Crippen LogP contribution is -2.75. The van der Waals surface area contributed by atoms with E-state index in [9.17, 15) is 24.0 Å². The first kappa shape index (κ1) is 48.0. The number of halogens is 12. The third-order valence-corrected chi connectivity index (χ3v) is 7.25. The van der Waals surface area contributed by atoms with Gasteiger partial charge in [-0.3, -0.25) is 4.79 Å². The Bertz CT molecular complexity index is 1400. The Morgan fingerprint density at radius 2 is 0.755 bits per heavy atom. The van der Waals surface area contributed by atoms with Crippen LogP contribution in [0.5, 0.6) is 0 Å². The molecule has 0 radical (unpaired) electrons. The summed E-state index contributed by atoms with van der Waals surface area (Å²) in [6.45, 7) is 7.31. The number of hydrogen-bond donors (Lipinski definition) is 0. The summed E-state index contributed by atoms with van der Waals surface area (Å²) < 4.78 is 207. The minimum Gasteiger partial charge on any atom is -0.461 e. The number of alkyl halides is 12. The molecule has 1 unspecified atom stereocenters. The fourth-order valence-corrected chi connectivity index (χ4v) is 3.98. The molecule has 0 aromatic rings. The number of hydrogen-bond acceptors (Lipinski definition) is 10. The molecular formula is C31H30F12O10. The zero-order chi connectivity index (χ0) is 41.9. The van der Waals surface area contributed by atoms with Gasteiger partial charge in [0.25, 0.3) is 0 Å². The van der Waals surface area contributed by atoms with E-state index in [0.29, 0.717) is 6.26 Å². The number of esters is 5. The van der Waals surface area contributed by atoms with Gasteiger partial charge in [-0.1, -0.05) is 39.0 Å². The molecule has 1 atom stereocenters. The monoisotopic (exact) mass is 790 g/mol. The van der Waals surface area contributed by atoms with Gasteiger partial charge in [0.1, 0.15) is 31.8 Å². The van der Waals surface area contributed by atoms with Gasteiger partial charge in [0.15, 0.2) is 0 Å². The molecule has 0 N–H and O–H groups in total. The topological polar surface area (TPSA) is 132 Å². The maximum atomic E-state index is 15.9. The van der Waals surface area contributed by atoms with Crippen molar-refractivity contribution in [2.24, 2.45) is 10.8 Å². The van der Waals surface area contributed by atoms with Crippen molar-refractivity contribution in [3.05, 3.63) is 76.1 Å². The summed E-state index contributed by atoms with van der Waals surface area (Å²) in [5.41, 5.74) is -8.90. The van der Waals surface area contributed by atoms with Crippen molar-refractivity contribution in [1.29, 1.82) is 0 Å². The maximum absolute atomic E-state index is 15.9. The van der Waals surface area contributed by atoms with Gasteiger partial charge in [0.2, 0.25) is 0 Å². The summed E-state index contributed by atoms with van der Waals surface area (Å²) in [5.74, 6) is -55.3. The minimum absolute atomic E-state index is 0.146. The van der Waals surface area contributed by atoms with Gasteiger partial charge in [0, 0.05) is 30.7 Å². The Labute approximate surface area is 292 Å². The smallest absolute Gasteiger partial charge is 0.384 e. The fraction of sp³-hybridized carbons (Fsp3) is 0.452. The van der Waals surface area contributed by atoms with Crippen molar-refractivity contribution in [1.82, 2.24) is 0 Å². The van der Waals surface area contributed by atoms with E-state index in [1.807, 2.05) is 0 Å². The van der Waals surface area contributed by atoms with E-state index < -0.39 is 115 Å². The van der Waals surface area contributed by atoms with Gasteiger partial charge in [-0.25, -0.2) is 19.2 Å². The van der Waals surface area contributed by atoms with Crippen molar-refractivity contribution in [2.75, 3.05) is 26.4 Å². The first-order chi connectivity index (χ1) is 24.1. The summed E-state index contributed by atoms with van der Waals surface area (Å²) in [6.07, 6.45) is -2.78. The van der Waals surface area contributed by atoms with Crippen LogP contribution < -0.4 is 0 Å². The van der Waals surface area contributed by atoms with E-state index >= 15 is 52.7 Å².